The second kappa shape index (κ2) is 9.83. The summed E-state index contributed by atoms with van der Waals surface area (Å²) in [5.74, 6) is -1.04. The lowest BCUT2D eigenvalue weighted by molar-refractivity contribution is -0.137. The minimum Gasteiger partial charge on any atom is -0.494 e. The van der Waals surface area contributed by atoms with Gasteiger partial charge in [-0.1, -0.05) is 42.5 Å². The zero-order chi connectivity index (χ0) is 24.2. The maximum absolute atomic E-state index is 13.1. The zero-order valence-corrected chi connectivity index (χ0v) is 19.1. The van der Waals surface area contributed by atoms with Crippen LogP contribution in [-0.4, -0.2) is 34.2 Å². The van der Waals surface area contributed by atoms with E-state index in [2.05, 4.69) is 10.3 Å². The monoisotopic (exact) mass is 448 g/mol. The smallest absolute Gasteiger partial charge is 0.305 e. The molecule has 0 aliphatic rings. The number of pyridine rings is 1. The number of carboxylic acid groups (broad SMARTS) is 1. The van der Waals surface area contributed by atoms with Gasteiger partial charge >= 0.3 is 5.97 Å². The number of aryl methyl sites for hydroxylation is 1. The van der Waals surface area contributed by atoms with E-state index in [1.807, 2.05) is 37.3 Å². The summed E-state index contributed by atoms with van der Waals surface area (Å²) in [5, 5.41) is 22.5. The van der Waals surface area contributed by atoms with E-state index in [0.29, 0.717) is 22.6 Å². The molecule has 0 fully saturated rings. The minimum absolute atomic E-state index is 0.128. The molecule has 7 heteroatoms. The molecule has 3 aromatic rings. The van der Waals surface area contributed by atoms with Gasteiger partial charge in [-0.2, -0.15) is 0 Å². The second-order valence-corrected chi connectivity index (χ2v) is 8.37. The number of carboxylic acids is 1. The van der Waals surface area contributed by atoms with Gasteiger partial charge in [0, 0.05) is 5.56 Å². The Kier molecular flexibility index (Phi) is 7.13. The highest BCUT2D eigenvalue weighted by molar-refractivity contribution is 5.93. The van der Waals surface area contributed by atoms with Gasteiger partial charge in [0.15, 0.2) is 0 Å². The van der Waals surface area contributed by atoms with Gasteiger partial charge in [-0.3, -0.25) is 9.59 Å². The fraction of sp³-hybridized carbons (Fsp3) is 0.269. The maximum atomic E-state index is 13.1. The van der Waals surface area contributed by atoms with Crippen molar-refractivity contribution >= 4 is 11.9 Å². The van der Waals surface area contributed by atoms with Crippen molar-refractivity contribution in [3.05, 3.63) is 83.0 Å². The van der Waals surface area contributed by atoms with Crippen LogP contribution in [0.2, 0.25) is 0 Å². The van der Waals surface area contributed by atoms with Gasteiger partial charge in [0.1, 0.15) is 17.1 Å². The number of amides is 1. The van der Waals surface area contributed by atoms with Crippen LogP contribution in [0.1, 0.15) is 53.5 Å². The quantitative estimate of drug-likeness (QED) is 0.476. The Morgan fingerprint density at radius 3 is 2.45 bits per heavy atom. The van der Waals surface area contributed by atoms with Crippen LogP contribution in [0.3, 0.4) is 0 Å². The van der Waals surface area contributed by atoms with Gasteiger partial charge < -0.3 is 20.3 Å². The third-order valence-corrected chi connectivity index (χ3v) is 5.40. The molecule has 1 atom stereocenters. The van der Waals surface area contributed by atoms with Crippen LogP contribution in [0, 0.1) is 6.92 Å². The van der Waals surface area contributed by atoms with Crippen LogP contribution in [0.5, 0.6) is 5.75 Å². The first-order valence-corrected chi connectivity index (χ1v) is 10.6. The Hall–Kier alpha value is -3.71. The molecule has 172 valence electrons. The van der Waals surface area contributed by atoms with E-state index in [9.17, 15) is 19.8 Å². The summed E-state index contributed by atoms with van der Waals surface area (Å²) in [7, 11) is 1.52. The van der Waals surface area contributed by atoms with Gasteiger partial charge in [0.05, 0.1) is 25.2 Å². The number of ether oxygens (including phenoxy) is 1. The third-order valence-electron chi connectivity index (χ3n) is 5.40. The van der Waals surface area contributed by atoms with Crippen molar-refractivity contribution in [3.8, 4) is 17.0 Å². The summed E-state index contributed by atoms with van der Waals surface area (Å²) in [6.07, 6.45) is -0.257. The highest BCUT2D eigenvalue weighted by atomic mass is 16.5. The summed E-state index contributed by atoms with van der Waals surface area (Å²) in [5.41, 5.74) is 2.53. The summed E-state index contributed by atoms with van der Waals surface area (Å²) in [6.45, 7) is 5.25. The number of rotatable bonds is 8. The van der Waals surface area contributed by atoms with Crippen molar-refractivity contribution in [1.82, 2.24) is 10.3 Å². The predicted molar refractivity (Wildman–Crippen MR) is 125 cm³/mol. The summed E-state index contributed by atoms with van der Waals surface area (Å²) in [6, 6.07) is 17.1. The third kappa shape index (κ3) is 5.75. The second-order valence-electron chi connectivity index (χ2n) is 8.37. The van der Waals surface area contributed by atoms with E-state index >= 15 is 0 Å². The molecule has 1 unspecified atom stereocenters. The molecule has 0 aliphatic heterocycles. The van der Waals surface area contributed by atoms with Crippen molar-refractivity contribution in [3.63, 3.8) is 0 Å². The average Bonchev–Trinajstić information content (AvgIpc) is 2.77. The fourth-order valence-electron chi connectivity index (χ4n) is 3.61. The predicted octanol–water partition coefficient (Wildman–Crippen LogP) is 4.24. The molecule has 1 amide bonds. The molecule has 3 N–H and O–H groups in total. The molecule has 7 nitrogen and oxygen atoms in total. The lowest BCUT2D eigenvalue weighted by Gasteiger charge is -2.20. The first kappa shape index (κ1) is 23.9. The molecular formula is C26H28N2O5. The Balaban J connectivity index is 1.97. The molecule has 0 saturated heterocycles. The van der Waals surface area contributed by atoms with Crippen molar-refractivity contribution < 1.29 is 24.5 Å². The number of aliphatic carboxylic acids is 1. The molecule has 0 spiro atoms. The molecule has 1 heterocycles. The maximum Gasteiger partial charge on any atom is 0.305 e. The number of nitrogens with one attached hydrogen (secondary N) is 1. The first-order valence-electron chi connectivity index (χ1n) is 10.6. The van der Waals surface area contributed by atoms with Crippen molar-refractivity contribution in [2.75, 3.05) is 7.11 Å². The molecule has 0 aliphatic carbocycles. The van der Waals surface area contributed by atoms with Crippen molar-refractivity contribution in [1.29, 1.82) is 0 Å². The van der Waals surface area contributed by atoms with E-state index in [0.717, 1.165) is 11.1 Å². The number of methoxy groups -OCH3 is 1. The Morgan fingerprint density at radius 2 is 1.82 bits per heavy atom. The Bertz CT molecular complexity index is 1170. The summed E-state index contributed by atoms with van der Waals surface area (Å²) >= 11 is 0. The zero-order valence-electron chi connectivity index (χ0n) is 19.1. The van der Waals surface area contributed by atoms with E-state index < -0.39 is 23.5 Å². The number of hydrogen-bond donors (Lipinski definition) is 3. The number of hydrogen-bond acceptors (Lipinski definition) is 5. The van der Waals surface area contributed by atoms with Crippen LogP contribution < -0.4 is 10.1 Å². The standard InChI is InChI=1S/C26H28N2O5/c1-16-8-5-6-11-19(16)21(15-23(29)30)28-25(31)20-12-13-22(33-4)24(27-20)17-9-7-10-18(14-17)26(2,3)32/h5-14,21,32H,15H2,1-4H3,(H,28,31)(H,29,30). The topological polar surface area (TPSA) is 109 Å². The molecule has 1 aromatic heterocycles. The van der Waals surface area contributed by atoms with Crippen molar-refractivity contribution in [2.24, 2.45) is 0 Å². The fourth-order valence-corrected chi connectivity index (χ4v) is 3.61. The summed E-state index contributed by atoms with van der Waals surface area (Å²) in [4.78, 5) is 29.0. The van der Waals surface area contributed by atoms with Gasteiger partial charge in [0.25, 0.3) is 5.91 Å². The minimum atomic E-state index is -1.05. The normalized spacial score (nSPS) is 12.2. The number of aliphatic hydroxyl groups is 1. The van der Waals surface area contributed by atoms with E-state index in [1.165, 1.54) is 13.2 Å². The largest absolute Gasteiger partial charge is 0.494 e. The van der Waals surface area contributed by atoms with Gasteiger partial charge in [-0.25, -0.2) is 4.98 Å². The SMILES string of the molecule is COc1ccc(C(=O)NC(CC(=O)O)c2ccccc2C)nc1-c1cccc(C(C)(C)O)c1. The van der Waals surface area contributed by atoms with Crippen LogP contribution >= 0.6 is 0 Å². The molecule has 0 bridgehead atoms. The summed E-state index contributed by atoms with van der Waals surface area (Å²) < 4.78 is 5.44. The highest BCUT2D eigenvalue weighted by Crippen LogP contribution is 2.31. The van der Waals surface area contributed by atoms with Crippen LogP contribution in [0.25, 0.3) is 11.3 Å². The van der Waals surface area contributed by atoms with Gasteiger partial charge in [-0.05, 0) is 55.7 Å². The van der Waals surface area contributed by atoms with E-state index in [1.54, 1.807) is 38.1 Å². The number of benzene rings is 2. The van der Waals surface area contributed by atoms with Crippen molar-refractivity contribution in [2.45, 2.75) is 38.8 Å². The number of carbonyl (C=O) groups is 2. The first-order chi connectivity index (χ1) is 15.6. The lowest BCUT2D eigenvalue weighted by atomic mass is 9.95. The van der Waals surface area contributed by atoms with Crippen LogP contribution in [0.4, 0.5) is 0 Å². The van der Waals surface area contributed by atoms with Crippen LogP contribution in [-0.2, 0) is 10.4 Å². The molecular weight excluding hydrogens is 420 g/mol. The number of aromatic nitrogens is 1. The van der Waals surface area contributed by atoms with Gasteiger partial charge in [0.2, 0.25) is 0 Å². The molecule has 0 radical (unpaired) electrons. The Labute approximate surface area is 193 Å². The Morgan fingerprint density at radius 1 is 1.09 bits per heavy atom. The average molecular weight is 449 g/mol. The molecule has 33 heavy (non-hydrogen) atoms. The van der Waals surface area contributed by atoms with E-state index in [4.69, 9.17) is 4.74 Å². The molecule has 0 saturated carbocycles. The van der Waals surface area contributed by atoms with Gasteiger partial charge in [-0.15, -0.1) is 0 Å². The van der Waals surface area contributed by atoms with Crippen LogP contribution in [0.15, 0.2) is 60.7 Å². The lowest BCUT2D eigenvalue weighted by Crippen LogP contribution is -2.31. The number of nitrogens with zero attached hydrogens (tertiary/aromatic N) is 1. The molecule has 3 rings (SSSR count). The number of carbonyl (C=O) groups excluding carboxylic acids is 1. The molecule has 2 aromatic carbocycles. The van der Waals surface area contributed by atoms with E-state index in [-0.39, 0.29) is 12.1 Å². The highest BCUT2D eigenvalue weighted by Gasteiger charge is 2.23.